The molecule has 3 heterocycles. The van der Waals surface area contributed by atoms with Crippen molar-refractivity contribution in [1.29, 1.82) is 0 Å². The minimum absolute atomic E-state index is 0.0134. The Bertz CT molecular complexity index is 544. The van der Waals surface area contributed by atoms with E-state index in [0.29, 0.717) is 17.6 Å². The van der Waals surface area contributed by atoms with Gasteiger partial charge in [0.1, 0.15) is 5.69 Å². The van der Waals surface area contributed by atoms with Crippen molar-refractivity contribution < 1.29 is 14.3 Å². The molecule has 0 aliphatic carbocycles. The third-order valence-corrected chi connectivity index (χ3v) is 4.30. The summed E-state index contributed by atoms with van der Waals surface area (Å²) in [5.74, 6) is -0.479. The molecule has 21 heavy (non-hydrogen) atoms. The molecule has 2 aliphatic heterocycles. The number of piperazine rings is 1. The number of ether oxygens (including phenoxy) is 1. The molecule has 2 bridgehead atoms. The summed E-state index contributed by atoms with van der Waals surface area (Å²) in [5, 5.41) is 0. The van der Waals surface area contributed by atoms with Gasteiger partial charge in [-0.15, -0.1) is 0 Å². The van der Waals surface area contributed by atoms with Crippen molar-refractivity contribution in [1.82, 2.24) is 14.8 Å². The first-order valence-electron chi connectivity index (χ1n) is 7.15. The van der Waals surface area contributed by atoms with Gasteiger partial charge in [0.15, 0.2) is 0 Å². The van der Waals surface area contributed by atoms with Crippen molar-refractivity contribution in [3.63, 3.8) is 0 Å². The number of likely N-dealkylation sites (N-methyl/N-ethyl adjacent to an activating group) is 1. The van der Waals surface area contributed by atoms with Gasteiger partial charge in [-0.25, -0.2) is 9.78 Å². The number of aromatic nitrogens is 1. The smallest absolute Gasteiger partial charge is 0.356 e. The monoisotopic (exact) mass is 289 g/mol. The number of fused-ring (bicyclic) bond motifs is 2. The van der Waals surface area contributed by atoms with E-state index in [4.69, 9.17) is 0 Å². The predicted octanol–water partition coefficient (Wildman–Crippen LogP) is 0.787. The Morgan fingerprint density at radius 3 is 2.43 bits per heavy atom. The number of methoxy groups -OCH3 is 1. The maximum atomic E-state index is 12.7. The number of hydrogen-bond donors (Lipinski definition) is 0. The van der Waals surface area contributed by atoms with E-state index >= 15 is 0 Å². The fourth-order valence-electron chi connectivity index (χ4n) is 3.34. The molecule has 1 aromatic rings. The zero-order chi connectivity index (χ0) is 15.0. The van der Waals surface area contributed by atoms with E-state index in [9.17, 15) is 9.59 Å². The fourth-order valence-corrected chi connectivity index (χ4v) is 3.34. The molecule has 2 atom stereocenters. The molecule has 6 nitrogen and oxygen atoms in total. The first-order valence-corrected chi connectivity index (χ1v) is 7.15. The summed E-state index contributed by atoms with van der Waals surface area (Å²) in [6.45, 7) is 1.85. The molecule has 0 aromatic carbocycles. The number of likely N-dealkylation sites (tertiary alicyclic amines) is 1. The molecule has 2 aliphatic rings. The van der Waals surface area contributed by atoms with E-state index in [2.05, 4.69) is 21.7 Å². The second kappa shape index (κ2) is 5.44. The molecular weight excluding hydrogens is 270 g/mol. The molecule has 2 saturated heterocycles. The summed E-state index contributed by atoms with van der Waals surface area (Å²) in [6.07, 6.45) is 3.59. The predicted molar refractivity (Wildman–Crippen MR) is 76.1 cm³/mol. The summed E-state index contributed by atoms with van der Waals surface area (Å²) >= 11 is 0. The van der Waals surface area contributed by atoms with Crippen LogP contribution in [0.3, 0.4) is 0 Å². The molecule has 1 aromatic heterocycles. The highest BCUT2D eigenvalue weighted by atomic mass is 16.5. The lowest BCUT2D eigenvalue weighted by Gasteiger charge is -2.39. The average molecular weight is 289 g/mol. The zero-order valence-corrected chi connectivity index (χ0v) is 12.3. The Labute approximate surface area is 123 Å². The van der Waals surface area contributed by atoms with Gasteiger partial charge in [0.05, 0.1) is 12.7 Å². The Morgan fingerprint density at radius 1 is 1.24 bits per heavy atom. The van der Waals surface area contributed by atoms with Crippen LogP contribution in [0.15, 0.2) is 18.3 Å². The van der Waals surface area contributed by atoms with Crippen LogP contribution in [0.4, 0.5) is 0 Å². The SMILES string of the molecule is COC(=O)c1ccc(C(=O)N2C3CCC2CN(C)C3)cn1. The van der Waals surface area contributed by atoms with Gasteiger partial charge in [-0.1, -0.05) is 0 Å². The number of carbonyl (C=O) groups is 2. The van der Waals surface area contributed by atoms with Crippen LogP contribution in [0.2, 0.25) is 0 Å². The third kappa shape index (κ3) is 2.51. The Kier molecular flexibility index (Phi) is 3.63. The van der Waals surface area contributed by atoms with E-state index in [1.807, 2.05) is 4.90 Å². The normalized spacial score (nSPS) is 25.0. The molecule has 2 fully saturated rings. The molecular formula is C15H19N3O3. The second-order valence-electron chi connectivity index (χ2n) is 5.74. The standard InChI is InChI=1S/C15H19N3O3/c1-17-8-11-4-5-12(9-17)18(11)14(19)10-3-6-13(16-7-10)15(20)21-2/h3,6-7,11-12H,4-5,8-9H2,1-2H3. The van der Waals surface area contributed by atoms with Crippen LogP contribution in [0, 0.1) is 0 Å². The highest BCUT2D eigenvalue weighted by molar-refractivity contribution is 5.95. The molecule has 1 amide bonds. The van der Waals surface area contributed by atoms with Gasteiger partial charge in [0, 0.05) is 31.4 Å². The van der Waals surface area contributed by atoms with Crippen LogP contribution in [-0.4, -0.2) is 66.0 Å². The summed E-state index contributed by atoms with van der Waals surface area (Å²) in [4.78, 5) is 32.3. The summed E-state index contributed by atoms with van der Waals surface area (Å²) in [5.41, 5.74) is 0.750. The Balaban J connectivity index is 1.78. The van der Waals surface area contributed by atoms with Gasteiger partial charge in [-0.2, -0.15) is 0 Å². The van der Waals surface area contributed by atoms with Crippen molar-refractivity contribution >= 4 is 11.9 Å². The lowest BCUT2D eigenvalue weighted by molar-refractivity contribution is 0.0470. The summed E-state index contributed by atoms with van der Waals surface area (Å²) in [7, 11) is 3.41. The van der Waals surface area contributed by atoms with Crippen molar-refractivity contribution in [2.45, 2.75) is 24.9 Å². The summed E-state index contributed by atoms with van der Waals surface area (Å²) in [6, 6.07) is 3.78. The number of nitrogens with zero attached hydrogens (tertiary/aromatic N) is 3. The number of hydrogen-bond acceptors (Lipinski definition) is 5. The quantitative estimate of drug-likeness (QED) is 0.753. The first-order chi connectivity index (χ1) is 10.1. The van der Waals surface area contributed by atoms with Crippen LogP contribution in [0.25, 0.3) is 0 Å². The van der Waals surface area contributed by atoms with Crippen LogP contribution in [-0.2, 0) is 4.74 Å². The molecule has 3 rings (SSSR count). The summed E-state index contributed by atoms with van der Waals surface area (Å²) < 4.78 is 4.61. The number of carbonyl (C=O) groups excluding carboxylic acids is 2. The van der Waals surface area contributed by atoms with E-state index in [1.54, 1.807) is 6.07 Å². The van der Waals surface area contributed by atoms with Gasteiger partial charge in [-0.05, 0) is 32.0 Å². The molecule has 112 valence electrons. The van der Waals surface area contributed by atoms with Crippen LogP contribution in [0.5, 0.6) is 0 Å². The van der Waals surface area contributed by atoms with Crippen LogP contribution < -0.4 is 0 Å². The molecule has 2 unspecified atom stereocenters. The maximum Gasteiger partial charge on any atom is 0.356 e. The van der Waals surface area contributed by atoms with Crippen molar-refractivity contribution in [2.24, 2.45) is 0 Å². The van der Waals surface area contributed by atoms with Crippen molar-refractivity contribution in [3.05, 3.63) is 29.6 Å². The average Bonchev–Trinajstić information content (AvgIpc) is 2.77. The number of rotatable bonds is 2. The van der Waals surface area contributed by atoms with Crippen LogP contribution >= 0.6 is 0 Å². The van der Waals surface area contributed by atoms with E-state index < -0.39 is 5.97 Å². The third-order valence-electron chi connectivity index (χ3n) is 4.30. The number of pyridine rings is 1. The minimum atomic E-state index is -0.492. The van der Waals surface area contributed by atoms with Gasteiger partial charge in [-0.3, -0.25) is 4.79 Å². The Hall–Kier alpha value is -1.95. The second-order valence-corrected chi connectivity index (χ2v) is 5.74. The molecule has 0 radical (unpaired) electrons. The van der Waals surface area contributed by atoms with Gasteiger partial charge in [0.2, 0.25) is 0 Å². The lowest BCUT2D eigenvalue weighted by Crippen LogP contribution is -2.54. The highest BCUT2D eigenvalue weighted by Crippen LogP contribution is 2.30. The number of amides is 1. The molecule has 6 heteroatoms. The molecule has 0 saturated carbocycles. The zero-order valence-electron chi connectivity index (χ0n) is 12.3. The van der Waals surface area contributed by atoms with Gasteiger partial charge >= 0.3 is 5.97 Å². The van der Waals surface area contributed by atoms with E-state index in [-0.39, 0.29) is 11.6 Å². The van der Waals surface area contributed by atoms with Gasteiger partial charge < -0.3 is 14.5 Å². The number of esters is 1. The van der Waals surface area contributed by atoms with Crippen LogP contribution in [0.1, 0.15) is 33.7 Å². The molecule has 0 N–H and O–H groups in total. The molecule has 0 spiro atoms. The maximum absolute atomic E-state index is 12.7. The highest BCUT2D eigenvalue weighted by Gasteiger charge is 2.41. The van der Waals surface area contributed by atoms with E-state index in [0.717, 1.165) is 25.9 Å². The van der Waals surface area contributed by atoms with Crippen molar-refractivity contribution in [3.8, 4) is 0 Å². The first kappa shape index (κ1) is 14.0. The van der Waals surface area contributed by atoms with Crippen molar-refractivity contribution in [2.75, 3.05) is 27.2 Å². The van der Waals surface area contributed by atoms with Gasteiger partial charge in [0.25, 0.3) is 5.91 Å². The van der Waals surface area contributed by atoms with E-state index in [1.165, 1.54) is 19.4 Å². The lowest BCUT2D eigenvalue weighted by atomic mass is 10.1. The topological polar surface area (TPSA) is 62.7 Å². The Morgan fingerprint density at radius 2 is 1.90 bits per heavy atom. The largest absolute Gasteiger partial charge is 0.464 e. The fraction of sp³-hybridized carbons (Fsp3) is 0.533. The minimum Gasteiger partial charge on any atom is -0.464 e.